The van der Waals surface area contributed by atoms with Gasteiger partial charge in [-0.15, -0.1) is 0 Å². The van der Waals surface area contributed by atoms with Crippen LogP contribution in [0.5, 0.6) is 0 Å². The lowest BCUT2D eigenvalue weighted by Crippen LogP contribution is -1.85. The maximum atomic E-state index is 6.05. The molecule has 0 saturated carbocycles. The van der Waals surface area contributed by atoms with E-state index in [1.807, 2.05) is 55.5 Å². The number of aryl methyl sites for hydroxylation is 1. The van der Waals surface area contributed by atoms with E-state index in [0.29, 0.717) is 0 Å². The van der Waals surface area contributed by atoms with E-state index in [4.69, 9.17) is 5.73 Å². The first-order valence-electron chi connectivity index (χ1n) is 5.21. The molecule has 2 aromatic rings. The second-order valence-electron chi connectivity index (χ2n) is 3.69. The summed E-state index contributed by atoms with van der Waals surface area (Å²) in [5, 5.41) is 0.974. The normalized spacial score (nSPS) is 9.81. The van der Waals surface area contributed by atoms with Crippen LogP contribution in [-0.2, 0) is 0 Å². The number of aromatic nitrogens is 1. The summed E-state index contributed by atoms with van der Waals surface area (Å²) in [6.07, 6.45) is 1.78. The third-order valence-electron chi connectivity index (χ3n) is 2.37. The summed E-state index contributed by atoms with van der Waals surface area (Å²) in [7, 11) is 0. The summed E-state index contributed by atoms with van der Waals surface area (Å²) in [5.74, 6) is 0. The van der Waals surface area contributed by atoms with Crippen molar-refractivity contribution in [2.24, 2.45) is 0 Å². The fourth-order valence-electron chi connectivity index (χ4n) is 1.58. The molecule has 0 unspecified atom stereocenters. The Kier molecular flexibility index (Phi) is 3.01. The molecule has 0 radical (unpaired) electrons. The molecule has 0 saturated heterocycles. The summed E-state index contributed by atoms with van der Waals surface area (Å²) in [5.41, 5.74) is 8.82. The van der Waals surface area contributed by atoms with Crippen LogP contribution >= 0.6 is 0 Å². The lowest BCUT2D eigenvalue weighted by Gasteiger charge is -1.97. The van der Waals surface area contributed by atoms with E-state index >= 15 is 0 Å². The molecule has 0 aliphatic rings. The third kappa shape index (κ3) is 2.28. The molecule has 0 amide bonds. The summed E-state index contributed by atoms with van der Waals surface area (Å²) < 4.78 is 0. The SMILES string of the molecule is Cc1ccccnc2ccccc2c(N)c1. The Morgan fingerprint density at radius 2 is 1.75 bits per heavy atom. The van der Waals surface area contributed by atoms with Gasteiger partial charge in [0.05, 0.1) is 5.52 Å². The van der Waals surface area contributed by atoms with E-state index in [1.54, 1.807) is 6.20 Å². The number of anilines is 1. The second kappa shape index (κ2) is 4.62. The number of benzene rings is 1. The van der Waals surface area contributed by atoms with Crippen LogP contribution in [0.25, 0.3) is 10.9 Å². The minimum Gasteiger partial charge on any atom is -0.398 e. The highest BCUT2D eigenvalue weighted by molar-refractivity contribution is 5.88. The zero-order chi connectivity index (χ0) is 11.4. The van der Waals surface area contributed by atoms with Gasteiger partial charge in [-0.25, -0.2) is 0 Å². The topological polar surface area (TPSA) is 38.9 Å². The smallest absolute Gasteiger partial charge is 0.0722 e. The van der Waals surface area contributed by atoms with E-state index in [1.165, 1.54) is 0 Å². The van der Waals surface area contributed by atoms with Crippen LogP contribution in [0.4, 0.5) is 5.69 Å². The van der Waals surface area contributed by atoms with Gasteiger partial charge in [-0.1, -0.05) is 30.3 Å². The van der Waals surface area contributed by atoms with Gasteiger partial charge in [0.15, 0.2) is 0 Å². The van der Waals surface area contributed by atoms with Crippen molar-refractivity contribution in [1.29, 1.82) is 0 Å². The molecule has 2 heteroatoms. The highest BCUT2D eigenvalue weighted by Crippen LogP contribution is 2.16. The van der Waals surface area contributed by atoms with Crippen molar-refractivity contribution in [3.63, 3.8) is 0 Å². The van der Waals surface area contributed by atoms with Gasteiger partial charge in [0, 0.05) is 17.3 Å². The van der Waals surface area contributed by atoms with E-state index in [9.17, 15) is 0 Å². The zero-order valence-electron chi connectivity index (χ0n) is 9.22. The van der Waals surface area contributed by atoms with Gasteiger partial charge in [-0.3, -0.25) is 4.98 Å². The van der Waals surface area contributed by atoms with Gasteiger partial charge in [-0.2, -0.15) is 0 Å². The summed E-state index contributed by atoms with van der Waals surface area (Å²) in [4.78, 5) is 4.36. The fraction of sp³-hybridized carbons (Fsp3) is 0.0714. The highest BCUT2D eigenvalue weighted by Gasteiger charge is 1.93. The minimum atomic E-state index is 0.747. The number of hydrogen-bond acceptors (Lipinski definition) is 2. The van der Waals surface area contributed by atoms with Gasteiger partial charge in [-0.05, 0) is 30.7 Å². The predicted octanol–water partition coefficient (Wildman–Crippen LogP) is 3.25. The molecule has 2 rings (SSSR count). The Hall–Kier alpha value is -2.09. The Labute approximate surface area is 95.1 Å². The van der Waals surface area contributed by atoms with Crippen molar-refractivity contribution in [2.75, 3.05) is 5.73 Å². The van der Waals surface area contributed by atoms with Crippen LogP contribution in [-0.4, -0.2) is 4.98 Å². The molecule has 80 valence electrons. The monoisotopic (exact) mass is 210 g/mol. The van der Waals surface area contributed by atoms with E-state index in [-0.39, 0.29) is 0 Å². The number of rotatable bonds is 0. The molecule has 1 heterocycles. The Balaban J connectivity index is 2.89. The van der Waals surface area contributed by atoms with Crippen molar-refractivity contribution in [3.8, 4) is 0 Å². The highest BCUT2D eigenvalue weighted by atomic mass is 14.6. The maximum Gasteiger partial charge on any atom is 0.0722 e. The number of fused-ring (bicyclic) bond motifs is 1. The van der Waals surface area contributed by atoms with Crippen molar-refractivity contribution >= 4 is 16.6 Å². The lowest BCUT2D eigenvalue weighted by molar-refractivity contribution is 1.42. The van der Waals surface area contributed by atoms with Crippen molar-refractivity contribution in [1.82, 2.24) is 4.98 Å². The molecular weight excluding hydrogens is 196 g/mol. The minimum absolute atomic E-state index is 0.747. The fourth-order valence-corrected chi connectivity index (χ4v) is 1.58. The maximum absolute atomic E-state index is 6.05. The number of nitrogens with two attached hydrogens (primary N) is 1. The van der Waals surface area contributed by atoms with E-state index in [2.05, 4.69) is 4.98 Å². The standard InChI is InChI=1S/C14H14N2/c1-11-6-4-5-9-16-14-8-3-2-7-12(14)13(15)10-11/h2-10H,15H2,1H3. The number of nitrogen functional groups attached to an aromatic ring is 1. The predicted molar refractivity (Wildman–Crippen MR) is 68.5 cm³/mol. The largest absolute Gasteiger partial charge is 0.398 e. The third-order valence-corrected chi connectivity index (χ3v) is 2.37. The molecule has 0 aliphatic heterocycles. The first kappa shape index (κ1) is 10.4. The van der Waals surface area contributed by atoms with Crippen LogP contribution in [0, 0.1) is 6.92 Å². The van der Waals surface area contributed by atoms with Crippen LogP contribution < -0.4 is 5.73 Å². The molecule has 1 aromatic carbocycles. The van der Waals surface area contributed by atoms with E-state index < -0.39 is 0 Å². The van der Waals surface area contributed by atoms with Crippen molar-refractivity contribution < 1.29 is 0 Å². The quantitative estimate of drug-likeness (QED) is 0.725. The van der Waals surface area contributed by atoms with Gasteiger partial charge >= 0.3 is 0 Å². The van der Waals surface area contributed by atoms with E-state index in [0.717, 1.165) is 22.2 Å². The number of para-hydroxylation sites is 1. The summed E-state index contributed by atoms with van der Waals surface area (Å²) >= 11 is 0. The molecule has 16 heavy (non-hydrogen) atoms. The molecule has 0 spiro atoms. The molecule has 0 fully saturated rings. The summed E-state index contributed by atoms with van der Waals surface area (Å²) in [6, 6.07) is 15.7. The number of hydrogen-bond donors (Lipinski definition) is 1. The Morgan fingerprint density at radius 3 is 2.62 bits per heavy atom. The van der Waals surface area contributed by atoms with Crippen LogP contribution in [0.2, 0.25) is 0 Å². The zero-order valence-corrected chi connectivity index (χ0v) is 9.22. The average Bonchev–Trinajstić information content (AvgIpc) is 2.28. The van der Waals surface area contributed by atoms with Crippen molar-refractivity contribution in [3.05, 3.63) is 60.3 Å². The Bertz CT molecular complexity index is 560. The van der Waals surface area contributed by atoms with Crippen LogP contribution in [0.3, 0.4) is 0 Å². The van der Waals surface area contributed by atoms with Gasteiger partial charge in [0.1, 0.15) is 0 Å². The molecule has 2 nitrogen and oxygen atoms in total. The molecule has 1 aromatic heterocycles. The molecule has 0 aliphatic carbocycles. The average molecular weight is 210 g/mol. The molecule has 0 bridgehead atoms. The lowest BCUT2D eigenvalue weighted by atomic mass is 10.2. The van der Waals surface area contributed by atoms with Gasteiger partial charge < -0.3 is 5.73 Å². The Morgan fingerprint density at radius 1 is 1.00 bits per heavy atom. The number of nitrogens with zero attached hydrogens (tertiary/aromatic N) is 1. The van der Waals surface area contributed by atoms with Gasteiger partial charge in [0.25, 0.3) is 0 Å². The first-order valence-corrected chi connectivity index (χ1v) is 5.21. The molecule has 0 atom stereocenters. The summed E-state index contributed by atoms with van der Waals surface area (Å²) in [6.45, 7) is 2.03. The van der Waals surface area contributed by atoms with Gasteiger partial charge in [0.2, 0.25) is 0 Å². The molecular formula is C14H14N2. The molecule has 2 N–H and O–H groups in total. The van der Waals surface area contributed by atoms with Crippen molar-refractivity contribution in [2.45, 2.75) is 6.92 Å². The van der Waals surface area contributed by atoms with Crippen LogP contribution in [0.1, 0.15) is 5.56 Å². The second-order valence-corrected chi connectivity index (χ2v) is 3.69. The van der Waals surface area contributed by atoms with Crippen LogP contribution in [0.15, 0.2) is 54.7 Å². The first-order chi connectivity index (χ1) is 7.77.